The number of phenols is 1. The second-order valence-corrected chi connectivity index (χ2v) is 7.73. The quantitative estimate of drug-likeness (QED) is 0.357. The van der Waals surface area contributed by atoms with E-state index in [9.17, 15) is 15.3 Å². The van der Waals surface area contributed by atoms with Crippen molar-refractivity contribution < 1.29 is 15.3 Å². The Morgan fingerprint density at radius 3 is 2.41 bits per heavy atom. The summed E-state index contributed by atoms with van der Waals surface area (Å²) in [6.45, 7) is 7.97. The number of aliphatic hydroxyl groups excluding tert-OH is 2. The summed E-state index contributed by atoms with van der Waals surface area (Å²) in [6, 6.07) is 14.8. The molecule has 0 spiro atoms. The number of halogens is 1. The average molecular weight is 413 g/mol. The molecule has 0 aliphatic carbocycles. The van der Waals surface area contributed by atoms with E-state index in [-0.39, 0.29) is 18.3 Å². The Bertz CT molecular complexity index is 882. The fraction of sp³-hybridized carbons (Fsp3) is 0.280. The Kier molecular flexibility index (Phi) is 8.71. The van der Waals surface area contributed by atoms with E-state index in [4.69, 9.17) is 11.6 Å². The lowest BCUT2D eigenvalue weighted by atomic mass is 9.89. The highest BCUT2D eigenvalue weighted by molar-refractivity contribution is 6.32. The van der Waals surface area contributed by atoms with Crippen LogP contribution in [-0.2, 0) is 0 Å². The molecular formula is C25H29ClO3. The van der Waals surface area contributed by atoms with Crippen LogP contribution in [0.25, 0.3) is 11.6 Å². The first-order valence-corrected chi connectivity index (χ1v) is 10.1. The van der Waals surface area contributed by atoms with E-state index in [1.807, 2.05) is 50.3 Å². The number of aromatic hydroxyl groups is 1. The third kappa shape index (κ3) is 6.60. The molecule has 0 aromatic heterocycles. The summed E-state index contributed by atoms with van der Waals surface area (Å²) in [7, 11) is 0. The van der Waals surface area contributed by atoms with Crippen LogP contribution >= 0.6 is 11.6 Å². The van der Waals surface area contributed by atoms with Gasteiger partial charge < -0.3 is 15.3 Å². The maximum atomic E-state index is 10.8. The van der Waals surface area contributed by atoms with E-state index >= 15 is 0 Å². The molecule has 3 N–H and O–H groups in total. The van der Waals surface area contributed by atoms with E-state index in [2.05, 4.69) is 6.58 Å². The maximum Gasteiger partial charge on any atom is 0.117 e. The van der Waals surface area contributed by atoms with Crippen molar-refractivity contribution in [3.63, 3.8) is 0 Å². The minimum absolute atomic E-state index is 0.120. The van der Waals surface area contributed by atoms with Gasteiger partial charge in [0.05, 0.1) is 17.7 Å². The fourth-order valence-corrected chi connectivity index (χ4v) is 3.36. The second-order valence-electron chi connectivity index (χ2n) is 7.32. The highest BCUT2D eigenvalue weighted by atomic mass is 35.5. The van der Waals surface area contributed by atoms with Gasteiger partial charge in [-0.3, -0.25) is 0 Å². The van der Waals surface area contributed by atoms with Gasteiger partial charge in [0.2, 0.25) is 0 Å². The van der Waals surface area contributed by atoms with E-state index in [1.54, 1.807) is 18.2 Å². The Morgan fingerprint density at radius 1 is 1.14 bits per heavy atom. The first kappa shape index (κ1) is 23.0. The molecule has 0 aliphatic heterocycles. The Balaban J connectivity index is 2.30. The van der Waals surface area contributed by atoms with Gasteiger partial charge in [0.15, 0.2) is 0 Å². The monoisotopic (exact) mass is 412 g/mol. The highest BCUT2D eigenvalue weighted by Crippen LogP contribution is 2.30. The van der Waals surface area contributed by atoms with Crippen molar-refractivity contribution in [3.8, 4) is 5.75 Å². The van der Waals surface area contributed by atoms with E-state index < -0.39 is 6.10 Å². The highest BCUT2D eigenvalue weighted by Gasteiger charge is 2.17. The van der Waals surface area contributed by atoms with Crippen LogP contribution in [-0.4, -0.2) is 28.0 Å². The van der Waals surface area contributed by atoms with E-state index in [1.165, 1.54) is 6.07 Å². The predicted octanol–water partition coefficient (Wildman–Crippen LogP) is 5.86. The lowest BCUT2D eigenvalue weighted by molar-refractivity contribution is 0.201. The molecule has 1 atom stereocenters. The van der Waals surface area contributed by atoms with Crippen LogP contribution in [0.5, 0.6) is 5.75 Å². The van der Waals surface area contributed by atoms with Crippen LogP contribution in [0, 0.1) is 5.92 Å². The first-order chi connectivity index (χ1) is 13.8. The van der Waals surface area contributed by atoms with Gasteiger partial charge in [0.25, 0.3) is 0 Å². The minimum atomic E-state index is -0.723. The zero-order chi connectivity index (χ0) is 21.4. The van der Waals surface area contributed by atoms with Gasteiger partial charge in [-0.05, 0) is 70.9 Å². The lowest BCUT2D eigenvalue weighted by Crippen LogP contribution is -2.15. The summed E-state index contributed by atoms with van der Waals surface area (Å²) in [5, 5.41) is 30.2. The standard InChI is InChI=1S/C25H29ClO3/c1-17(2)18(3)23(13-14-27)25(29)12-10-20(19-7-5-4-6-8-19)15-21-9-11-22(28)16-24(21)26/h4-9,11,13,15-17,25,27-29H,3,10,12,14H2,1-2H3/b20-15-,23-13-. The SMILES string of the molecule is C=C(/C(=C/CO)C(O)CC/C(=C/c1ccc(O)cc1Cl)c1ccccc1)C(C)C. The molecule has 2 aromatic carbocycles. The third-order valence-corrected chi connectivity index (χ3v) is 5.21. The van der Waals surface area contributed by atoms with Crippen molar-refractivity contribution in [2.45, 2.75) is 32.8 Å². The lowest BCUT2D eigenvalue weighted by Gasteiger charge is -2.20. The van der Waals surface area contributed by atoms with Crippen LogP contribution < -0.4 is 0 Å². The number of hydrogen-bond donors (Lipinski definition) is 3. The molecule has 2 aromatic rings. The van der Waals surface area contributed by atoms with Gasteiger partial charge >= 0.3 is 0 Å². The Hall–Kier alpha value is -2.33. The molecule has 3 nitrogen and oxygen atoms in total. The number of phenolic OH excluding ortho intramolecular Hbond substituents is 1. The topological polar surface area (TPSA) is 60.7 Å². The van der Waals surface area contributed by atoms with Crippen molar-refractivity contribution in [2.75, 3.05) is 6.61 Å². The van der Waals surface area contributed by atoms with Crippen LogP contribution in [0.15, 0.2) is 72.3 Å². The summed E-state index contributed by atoms with van der Waals surface area (Å²) >= 11 is 6.29. The smallest absolute Gasteiger partial charge is 0.117 e. The first-order valence-electron chi connectivity index (χ1n) is 9.76. The summed E-state index contributed by atoms with van der Waals surface area (Å²) in [5.74, 6) is 0.303. The summed E-state index contributed by atoms with van der Waals surface area (Å²) in [6.07, 6.45) is 3.98. The Morgan fingerprint density at radius 2 is 1.83 bits per heavy atom. The molecule has 154 valence electrons. The molecule has 4 heteroatoms. The van der Waals surface area contributed by atoms with Gasteiger partial charge in [-0.1, -0.05) is 68.4 Å². The second kappa shape index (κ2) is 11.0. The van der Waals surface area contributed by atoms with Crippen molar-refractivity contribution >= 4 is 23.3 Å². The van der Waals surface area contributed by atoms with Crippen LogP contribution in [0.1, 0.15) is 37.8 Å². The zero-order valence-electron chi connectivity index (χ0n) is 17.0. The Labute approximate surface area is 178 Å². The normalized spacial score (nSPS) is 13.6. The summed E-state index contributed by atoms with van der Waals surface area (Å²) < 4.78 is 0. The number of aliphatic hydroxyl groups is 2. The number of hydrogen-bond acceptors (Lipinski definition) is 3. The maximum absolute atomic E-state index is 10.8. The zero-order valence-corrected chi connectivity index (χ0v) is 17.7. The molecular weight excluding hydrogens is 384 g/mol. The van der Waals surface area contributed by atoms with Crippen molar-refractivity contribution in [1.82, 2.24) is 0 Å². The van der Waals surface area contributed by atoms with Gasteiger partial charge in [-0.2, -0.15) is 0 Å². The van der Waals surface area contributed by atoms with Crippen molar-refractivity contribution in [1.29, 1.82) is 0 Å². The minimum Gasteiger partial charge on any atom is -0.508 e. The molecule has 2 rings (SSSR count). The van der Waals surface area contributed by atoms with Crippen molar-refractivity contribution in [2.24, 2.45) is 5.92 Å². The molecule has 0 radical (unpaired) electrons. The molecule has 1 unspecified atom stereocenters. The predicted molar refractivity (Wildman–Crippen MR) is 122 cm³/mol. The molecule has 0 bridgehead atoms. The molecule has 0 amide bonds. The third-order valence-electron chi connectivity index (χ3n) is 4.88. The van der Waals surface area contributed by atoms with E-state index in [0.29, 0.717) is 23.4 Å². The molecule has 0 aliphatic rings. The van der Waals surface area contributed by atoms with Gasteiger partial charge in [0.1, 0.15) is 5.75 Å². The molecule has 0 saturated heterocycles. The number of benzene rings is 2. The van der Waals surface area contributed by atoms with Gasteiger partial charge in [-0.15, -0.1) is 0 Å². The van der Waals surface area contributed by atoms with Crippen LogP contribution in [0.4, 0.5) is 0 Å². The van der Waals surface area contributed by atoms with E-state index in [0.717, 1.165) is 22.3 Å². The molecule has 0 fully saturated rings. The summed E-state index contributed by atoms with van der Waals surface area (Å²) in [5.41, 5.74) is 4.39. The van der Waals surface area contributed by atoms with Crippen LogP contribution in [0.3, 0.4) is 0 Å². The van der Waals surface area contributed by atoms with Crippen molar-refractivity contribution in [3.05, 3.63) is 88.5 Å². The van der Waals surface area contributed by atoms with Gasteiger partial charge in [-0.25, -0.2) is 0 Å². The number of allylic oxidation sites excluding steroid dienone is 1. The molecule has 0 heterocycles. The fourth-order valence-electron chi connectivity index (χ4n) is 3.13. The molecule has 29 heavy (non-hydrogen) atoms. The largest absolute Gasteiger partial charge is 0.508 e. The van der Waals surface area contributed by atoms with Gasteiger partial charge in [0, 0.05) is 0 Å². The van der Waals surface area contributed by atoms with Crippen LogP contribution in [0.2, 0.25) is 5.02 Å². The summed E-state index contributed by atoms with van der Waals surface area (Å²) in [4.78, 5) is 0. The molecule has 0 saturated carbocycles. The number of rotatable bonds is 9. The average Bonchev–Trinajstić information content (AvgIpc) is 2.70.